The van der Waals surface area contributed by atoms with Crippen molar-refractivity contribution in [3.63, 3.8) is 0 Å². The van der Waals surface area contributed by atoms with Crippen LogP contribution in [0.1, 0.15) is 0 Å². The van der Waals surface area contributed by atoms with E-state index in [9.17, 15) is 0 Å². The largest absolute Gasteiger partial charge is 0.456 e. The number of benzene rings is 8. The van der Waals surface area contributed by atoms with Gasteiger partial charge in [0.15, 0.2) is 0 Å². The summed E-state index contributed by atoms with van der Waals surface area (Å²) in [5, 5.41) is 10.0. The second-order valence-corrected chi connectivity index (χ2v) is 12.7. The highest BCUT2D eigenvalue weighted by atomic mass is 16.3. The molecule has 3 nitrogen and oxygen atoms in total. The molecule has 0 saturated carbocycles. The van der Waals surface area contributed by atoms with Crippen molar-refractivity contribution in [2.75, 3.05) is 0 Å². The zero-order chi connectivity index (χ0) is 32.1. The molecule has 0 atom stereocenters. The minimum atomic E-state index is 0.819. The Labute approximate surface area is 280 Å². The first kappa shape index (κ1) is 26.5. The summed E-state index contributed by atoms with van der Waals surface area (Å²) in [6.07, 6.45) is 0. The summed E-state index contributed by atoms with van der Waals surface area (Å²) in [5.41, 5.74) is 9.92. The molecule has 0 unspecified atom stereocenters. The van der Waals surface area contributed by atoms with Crippen LogP contribution in [0.2, 0.25) is 0 Å². The van der Waals surface area contributed by atoms with E-state index in [0.29, 0.717) is 0 Å². The van der Waals surface area contributed by atoms with Gasteiger partial charge in [-0.05, 0) is 63.0 Å². The number of hydrogen-bond acceptors (Lipinski definition) is 3. The van der Waals surface area contributed by atoms with Crippen molar-refractivity contribution >= 4 is 76.4 Å². The molecule has 0 spiro atoms. The van der Waals surface area contributed by atoms with Crippen molar-refractivity contribution in [2.24, 2.45) is 0 Å². The van der Waals surface area contributed by atoms with Gasteiger partial charge in [0.05, 0.1) is 5.39 Å². The summed E-state index contributed by atoms with van der Waals surface area (Å²) in [7, 11) is 0. The number of para-hydroxylation sites is 2. The molecule has 0 N–H and O–H groups in total. The Bertz CT molecular complexity index is 3040. The lowest BCUT2D eigenvalue weighted by atomic mass is 9.83. The summed E-state index contributed by atoms with van der Waals surface area (Å²) in [6.45, 7) is 0. The van der Waals surface area contributed by atoms with Gasteiger partial charge < -0.3 is 13.3 Å². The van der Waals surface area contributed by atoms with Crippen LogP contribution in [0.4, 0.5) is 0 Å². The quantitative estimate of drug-likeness (QED) is 0.183. The molecule has 0 fully saturated rings. The molecule has 49 heavy (non-hydrogen) atoms. The third kappa shape index (κ3) is 3.67. The maximum atomic E-state index is 7.06. The Morgan fingerprint density at radius 3 is 1.45 bits per heavy atom. The lowest BCUT2D eigenvalue weighted by Gasteiger charge is -2.18. The fourth-order valence-corrected chi connectivity index (χ4v) is 8.08. The summed E-state index contributed by atoms with van der Waals surface area (Å²) in [5.74, 6) is 0.847. The number of fused-ring (bicyclic) bond motifs is 10. The van der Waals surface area contributed by atoms with Crippen LogP contribution in [-0.4, -0.2) is 0 Å². The molecule has 0 bridgehead atoms. The molecule has 3 heteroatoms. The third-order valence-corrected chi connectivity index (χ3v) is 10.1. The zero-order valence-electron chi connectivity index (χ0n) is 26.2. The van der Waals surface area contributed by atoms with Gasteiger partial charge in [-0.2, -0.15) is 0 Å². The van der Waals surface area contributed by atoms with Crippen molar-refractivity contribution in [1.29, 1.82) is 0 Å². The molecule has 0 aliphatic rings. The molecule has 11 rings (SSSR count). The highest BCUT2D eigenvalue weighted by Crippen LogP contribution is 2.52. The minimum absolute atomic E-state index is 0.819. The van der Waals surface area contributed by atoms with E-state index in [4.69, 9.17) is 13.3 Å². The van der Waals surface area contributed by atoms with Crippen LogP contribution >= 0.6 is 0 Å². The van der Waals surface area contributed by atoms with E-state index in [-0.39, 0.29) is 0 Å². The normalized spacial score (nSPS) is 12.1. The molecular weight excluding hydrogens is 601 g/mol. The van der Waals surface area contributed by atoms with Gasteiger partial charge in [0, 0.05) is 38.2 Å². The number of rotatable bonds is 3. The van der Waals surface area contributed by atoms with Gasteiger partial charge in [-0.15, -0.1) is 0 Å². The van der Waals surface area contributed by atoms with Crippen LogP contribution in [0.25, 0.3) is 110 Å². The molecule has 3 heterocycles. The van der Waals surface area contributed by atoms with Crippen LogP contribution in [-0.2, 0) is 0 Å². The van der Waals surface area contributed by atoms with E-state index >= 15 is 0 Å². The van der Waals surface area contributed by atoms with E-state index in [1.54, 1.807) is 0 Å². The molecular formula is C46H26O3. The van der Waals surface area contributed by atoms with Crippen molar-refractivity contribution in [2.45, 2.75) is 0 Å². The second-order valence-electron chi connectivity index (χ2n) is 12.7. The van der Waals surface area contributed by atoms with Gasteiger partial charge in [0.1, 0.15) is 33.7 Å². The van der Waals surface area contributed by atoms with Crippen LogP contribution in [0, 0.1) is 0 Å². The summed E-state index contributed by atoms with van der Waals surface area (Å²) in [4.78, 5) is 0. The molecule has 3 aromatic heterocycles. The molecule has 0 amide bonds. The maximum absolute atomic E-state index is 7.06. The summed E-state index contributed by atoms with van der Waals surface area (Å²) < 4.78 is 19.7. The average molecular weight is 627 g/mol. The van der Waals surface area contributed by atoms with E-state index in [0.717, 1.165) is 93.6 Å². The van der Waals surface area contributed by atoms with Gasteiger partial charge in [-0.25, -0.2) is 0 Å². The van der Waals surface area contributed by atoms with Gasteiger partial charge in [-0.3, -0.25) is 0 Å². The van der Waals surface area contributed by atoms with Gasteiger partial charge >= 0.3 is 0 Å². The Hall–Kier alpha value is -6.58. The fraction of sp³-hybridized carbons (Fsp3) is 0. The molecule has 0 saturated heterocycles. The van der Waals surface area contributed by atoms with Gasteiger partial charge in [0.25, 0.3) is 0 Å². The Kier molecular flexibility index (Phi) is 5.38. The van der Waals surface area contributed by atoms with Crippen molar-refractivity contribution in [1.82, 2.24) is 0 Å². The SMILES string of the molecule is c1ccc(-c2oc3c(ccc4oc5ccccc5c43)c2-c2c3ccccc3c(-c3cccc4oc5ccccc5c34)c3ccccc23)cc1. The van der Waals surface area contributed by atoms with E-state index < -0.39 is 0 Å². The molecule has 228 valence electrons. The van der Waals surface area contributed by atoms with Crippen LogP contribution < -0.4 is 0 Å². The molecule has 0 radical (unpaired) electrons. The standard InChI is InChI=1S/C46H26O3/c1-2-13-27(14-3-1)45-44(35-25-26-39-43(46(35)49-45)33-20-9-11-23-37(33)48-39)42-30-17-6-4-15-28(30)40(29-16-5-7-18-31(29)42)34-21-12-24-38-41(34)32-19-8-10-22-36(32)47-38/h1-26H. The maximum Gasteiger partial charge on any atom is 0.147 e. The summed E-state index contributed by atoms with van der Waals surface area (Å²) >= 11 is 0. The number of furan rings is 3. The zero-order valence-corrected chi connectivity index (χ0v) is 26.2. The Morgan fingerprint density at radius 1 is 0.286 bits per heavy atom. The first-order valence-electron chi connectivity index (χ1n) is 16.6. The minimum Gasteiger partial charge on any atom is -0.456 e. The highest BCUT2D eigenvalue weighted by Gasteiger charge is 2.26. The first-order chi connectivity index (χ1) is 24.3. The average Bonchev–Trinajstić information content (AvgIpc) is 3.85. The molecule has 0 aliphatic carbocycles. The van der Waals surface area contributed by atoms with Crippen molar-refractivity contribution in [3.05, 3.63) is 158 Å². The smallest absolute Gasteiger partial charge is 0.147 e. The van der Waals surface area contributed by atoms with Crippen LogP contribution in [0.15, 0.2) is 171 Å². The number of hydrogen-bond donors (Lipinski definition) is 0. The van der Waals surface area contributed by atoms with E-state index in [1.165, 1.54) is 16.3 Å². The van der Waals surface area contributed by atoms with E-state index in [1.807, 2.05) is 30.3 Å². The van der Waals surface area contributed by atoms with E-state index in [2.05, 4.69) is 127 Å². The third-order valence-electron chi connectivity index (χ3n) is 10.1. The monoisotopic (exact) mass is 626 g/mol. The Morgan fingerprint density at radius 2 is 0.796 bits per heavy atom. The molecule has 8 aromatic carbocycles. The topological polar surface area (TPSA) is 39.4 Å². The highest BCUT2D eigenvalue weighted by molar-refractivity contribution is 6.29. The first-order valence-corrected chi connectivity index (χ1v) is 16.6. The van der Waals surface area contributed by atoms with Gasteiger partial charge in [-0.1, -0.05) is 127 Å². The van der Waals surface area contributed by atoms with Crippen LogP contribution in [0.5, 0.6) is 0 Å². The summed E-state index contributed by atoms with van der Waals surface area (Å²) in [6, 6.07) is 55.3. The molecule has 0 aliphatic heterocycles. The van der Waals surface area contributed by atoms with Gasteiger partial charge in [0.2, 0.25) is 0 Å². The van der Waals surface area contributed by atoms with Crippen molar-refractivity contribution in [3.8, 4) is 33.6 Å². The lowest BCUT2D eigenvalue weighted by molar-refractivity contribution is 0.634. The predicted octanol–water partition coefficient (Wildman–Crippen LogP) is 13.5. The Balaban J connectivity index is 1.33. The lowest BCUT2D eigenvalue weighted by Crippen LogP contribution is -1.92. The second kappa shape index (κ2) is 9.96. The molecule has 11 aromatic rings. The predicted molar refractivity (Wildman–Crippen MR) is 202 cm³/mol. The van der Waals surface area contributed by atoms with Crippen molar-refractivity contribution < 1.29 is 13.3 Å². The van der Waals surface area contributed by atoms with Crippen LogP contribution in [0.3, 0.4) is 0 Å². The fourth-order valence-electron chi connectivity index (χ4n) is 8.08.